The van der Waals surface area contributed by atoms with Gasteiger partial charge >= 0.3 is 0 Å². The highest BCUT2D eigenvalue weighted by molar-refractivity contribution is 5.30. The fourth-order valence-corrected chi connectivity index (χ4v) is 1.05. The number of rotatable bonds is 1. The molecule has 0 fully saturated rings. The summed E-state index contributed by atoms with van der Waals surface area (Å²) in [5.41, 5.74) is 0.422. The van der Waals surface area contributed by atoms with Gasteiger partial charge in [-0.05, 0) is 12.5 Å². The maximum absolute atomic E-state index is 9.50. The van der Waals surface area contributed by atoms with Gasteiger partial charge in [-0.3, -0.25) is 0 Å². The molecule has 0 aromatic heterocycles. The first-order valence-corrected chi connectivity index (χ1v) is 3.37. The van der Waals surface area contributed by atoms with E-state index in [0.29, 0.717) is 6.42 Å². The van der Waals surface area contributed by atoms with Crippen molar-refractivity contribution in [3.05, 3.63) is 36.5 Å². The quantitative estimate of drug-likeness (QED) is 0.583. The van der Waals surface area contributed by atoms with E-state index in [-0.39, 0.29) is 0 Å². The molecule has 1 atom stereocenters. The van der Waals surface area contributed by atoms with Gasteiger partial charge in [-0.2, -0.15) is 0 Å². The molecule has 1 rings (SSSR count). The second kappa shape index (κ2) is 2.43. The SMILES string of the molecule is C=CC1=CC=CC(C)(O)C1. The Bertz CT molecular complexity index is 197. The van der Waals surface area contributed by atoms with Crippen LogP contribution in [-0.4, -0.2) is 10.7 Å². The Kier molecular flexibility index (Phi) is 1.77. The third kappa shape index (κ3) is 1.58. The summed E-state index contributed by atoms with van der Waals surface area (Å²) < 4.78 is 0. The molecule has 0 aromatic carbocycles. The lowest BCUT2D eigenvalue weighted by molar-refractivity contribution is 0.112. The summed E-state index contributed by atoms with van der Waals surface area (Å²) in [5, 5.41) is 9.50. The van der Waals surface area contributed by atoms with Gasteiger partial charge in [0, 0.05) is 6.42 Å². The zero-order valence-corrected chi connectivity index (χ0v) is 6.17. The van der Waals surface area contributed by atoms with Crippen LogP contribution in [0, 0.1) is 0 Å². The van der Waals surface area contributed by atoms with E-state index >= 15 is 0 Å². The molecule has 0 bridgehead atoms. The molecule has 1 unspecified atom stereocenters. The summed E-state index contributed by atoms with van der Waals surface area (Å²) in [6.45, 7) is 5.43. The molecule has 54 valence electrons. The van der Waals surface area contributed by atoms with E-state index in [1.807, 2.05) is 12.2 Å². The molecule has 0 aliphatic heterocycles. The Morgan fingerprint density at radius 1 is 1.80 bits per heavy atom. The van der Waals surface area contributed by atoms with Crippen LogP contribution in [0.15, 0.2) is 36.5 Å². The Balaban J connectivity index is 2.77. The lowest BCUT2D eigenvalue weighted by Crippen LogP contribution is -2.22. The van der Waals surface area contributed by atoms with Crippen molar-refractivity contribution in [2.45, 2.75) is 18.9 Å². The monoisotopic (exact) mass is 136 g/mol. The standard InChI is InChI=1S/C9H12O/c1-3-8-5-4-6-9(2,10)7-8/h3-6,10H,1,7H2,2H3. The topological polar surface area (TPSA) is 20.2 Å². The van der Waals surface area contributed by atoms with Crippen LogP contribution in [0.25, 0.3) is 0 Å². The first-order valence-electron chi connectivity index (χ1n) is 3.37. The number of hydrogen-bond donors (Lipinski definition) is 1. The minimum absolute atomic E-state index is 0.668. The van der Waals surface area contributed by atoms with Crippen LogP contribution in [0.3, 0.4) is 0 Å². The minimum atomic E-state index is -0.668. The van der Waals surface area contributed by atoms with Crippen molar-refractivity contribution >= 4 is 0 Å². The van der Waals surface area contributed by atoms with Crippen molar-refractivity contribution in [1.29, 1.82) is 0 Å². The predicted octanol–water partition coefficient (Wildman–Crippen LogP) is 1.81. The van der Waals surface area contributed by atoms with Crippen molar-refractivity contribution < 1.29 is 5.11 Å². The Morgan fingerprint density at radius 2 is 2.50 bits per heavy atom. The summed E-state index contributed by atoms with van der Waals surface area (Å²) in [6.07, 6.45) is 8.07. The van der Waals surface area contributed by atoms with Gasteiger partial charge in [0.2, 0.25) is 0 Å². The minimum Gasteiger partial charge on any atom is -0.386 e. The molecule has 1 aliphatic rings. The number of allylic oxidation sites excluding steroid dienone is 3. The largest absolute Gasteiger partial charge is 0.386 e. The molecule has 0 saturated carbocycles. The normalized spacial score (nSPS) is 31.6. The average molecular weight is 136 g/mol. The average Bonchev–Trinajstić information content (AvgIpc) is 1.86. The fraction of sp³-hybridized carbons (Fsp3) is 0.333. The molecule has 1 N–H and O–H groups in total. The molecular weight excluding hydrogens is 124 g/mol. The third-order valence-electron chi connectivity index (χ3n) is 1.59. The van der Waals surface area contributed by atoms with Gasteiger partial charge in [0.1, 0.15) is 0 Å². The molecule has 0 heterocycles. The lowest BCUT2D eigenvalue weighted by Gasteiger charge is -2.21. The van der Waals surface area contributed by atoms with Crippen LogP contribution < -0.4 is 0 Å². The molecule has 0 amide bonds. The highest BCUT2D eigenvalue weighted by atomic mass is 16.3. The van der Waals surface area contributed by atoms with E-state index < -0.39 is 5.60 Å². The Labute approximate surface area is 61.4 Å². The summed E-state index contributed by atoms with van der Waals surface area (Å²) >= 11 is 0. The summed E-state index contributed by atoms with van der Waals surface area (Å²) in [4.78, 5) is 0. The van der Waals surface area contributed by atoms with Crippen LogP contribution >= 0.6 is 0 Å². The van der Waals surface area contributed by atoms with E-state index in [9.17, 15) is 5.11 Å². The lowest BCUT2D eigenvalue weighted by atomic mass is 9.92. The summed E-state index contributed by atoms with van der Waals surface area (Å²) in [6, 6.07) is 0. The highest BCUT2D eigenvalue weighted by Crippen LogP contribution is 2.22. The molecule has 0 spiro atoms. The highest BCUT2D eigenvalue weighted by Gasteiger charge is 2.18. The van der Waals surface area contributed by atoms with Crippen molar-refractivity contribution in [2.75, 3.05) is 0 Å². The predicted molar refractivity (Wildman–Crippen MR) is 42.7 cm³/mol. The van der Waals surface area contributed by atoms with E-state index in [1.165, 1.54) is 0 Å². The summed E-state index contributed by atoms with van der Waals surface area (Å²) in [5.74, 6) is 0. The Hall–Kier alpha value is -0.820. The molecule has 0 aromatic rings. The van der Waals surface area contributed by atoms with Gasteiger partial charge in [-0.1, -0.05) is 30.9 Å². The molecule has 0 saturated heterocycles. The Morgan fingerprint density at radius 3 is 2.90 bits per heavy atom. The molecule has 1 heteroatoms. The smallest absolute Gasteiger partial charge is 0.0842 e. The van der Waals surface area contributed by atoms with Crippen molar-refractivity contribution in [3.8, 4) is 0 Å². The number of aliphatic hydroxyl groups is 1. The van der Waals surface area contributed by atoms with Gasteiger partial charge in [0.15, 0.2) is 0 Å². The molecule has 0 radical (unpaired) electrons. The van der Waals surface area contributed by atoms with Crippen LogP contribution in [0.1, 0.15) is 13.3 Å². The van der Waals surface area contributed by atoms with Gasteiger partial charge in [-0.15, -0.1) is 0 Å². The maximum atomic E-state index is 9.50. The van der Waals surface area contributed by atoms with Gasteiger partial charge in [0.05, 0.1) is 5.60 Å². The molecule has 10 heavy (non-hydrogen) atoms. The first-order chi connectivity index (χ1) is 4.64. The van der Waals surface area contributed by atoms with Crippen LogP contribution in [-0.2, 0) is 0 Å². The maximum Gasteiger partial charge on any atom is 0.0842 e. The van der Waals surface area contributed by atoms with Gasteiger partial charge < -0.3 is 5.11 Å². The van der Waals surface area contributed by atoms with E-state index in [0.717, 1.165) is 5.57 Å². The van der Waals surface area contributed by atoms with E-state index in [2.05, 4.69) is 6.58 Å². The second-order valence-corrected chi connectivity index (χ2v) is 2.84. The van der Waals surface area contributed by atoms with Crippen LogP contribution in [0.2, 0.25) is 0 Å². The number of hydrogen-bond acceptors (Lipinski definition) is 1. The van der Waals surface area contributed by atoms with Gasteiger partial charge in [0.25, 0.3) is 0 Å². The first kappa shape index (κ1) is 7.29. The van der Waals surface area contributed by atoms with Crippen molar-refractivity contribution in [1.82, 2.24) is 0 Å². The van der Waals surface area contributed by atoms with Crippen LogP contribution in [0.4, 0.5) is 0 Å². The second-order valence-electron chi connectivity index (χ2n) is 2.84. The molecule has 1 nitrogen and oxygen atoms in total. The zero-order chi connectivity index (χ0) is 7.61. The molecular formula is C9H12O. The third-order valence-corrected chi connectivity index (χ3v) is 1.59. The van der Waals surface area contributed by atoms with Crippen molar-refractivity contribution in [3.63, 3.8) is 0 Å². The van der Waals surface area contributed by atoms with E-state index in [1.54, 1.807) is 19.1 Å². The molecule has 1 aliphatic carbocycles. The van der Waals surface area contributed by atoms with Gasteiger partial charge in [-0.25, -0.2) is 0 Å². The van der Waals surface area contributed by atoms with E-state index in [4.69, 9.17) is 0 Å². The van der Waals surface area contributed by atoms with Crippen LogP contribution in [0.5, 0.6) is 0 Å². The van der Waals surface area contributed by atoms with Crippen molar-refractivity contribution in [2.24, 2.45) is 0 Å². The fourth-order valence-electron chi connectivity index (χ4n) is 1.05. The zero-order valence-electron chi connectivity index (χ0n) is 6.17. The summed E-state index contributed by atoms with van der Waals surface area (Å²) in [7, 11) is 0.